The number of imidazole rings is 1. The fraction of sp³-hybridized carbons (Fsp3) is 0.533. The SMILES string of the molecule is Cc1nn(C)c2c1C(NC(=O)Cc1nc[nH]c1C)CCC2. The van der Waals surface area contributed by atoms with Crippen molar-refractivity contribution in [2.45, 2.75) is 45.6 Å². The van der Waals surface area contributed by atoms with Crippen LogP contribution in [-0.4, -0.2) is 25.7 Å². The van der Waals surface area contributed by atoms with E-state index in [9.17, 15) is 4.79 Å². The molecule has 2 N–H and O–H groups in total. The molecule has 1 amide bonds. The lowest BCUT2D eigenvalue weighted by Gasteiger charge is -2.24. The average molecular weight is 287 g/mol. The zero-order valence-corrected chi connectivity index (χ0v) is 12.7. The normalized spacial score (nSPS) is 17.6. The predicted octanol–water partition coefficient (Wildman–Crippen LogP) is 1.50. The third-order valence-electron chi connectivity index (χ3n) is 4.24. The Kier molecular flexibility index (Phi) is 3.53. The van der Waals surface area contributed by atoms with Gasteiger partial charge < -0.3 is 10.3 Å². The maximum atomic E-state index is 12.3. The van der Waals surface area contributed by atoms with Crippen molar-refractivity contribution in [1.82, 2.24) is 25.1 Å². The van der Waals surface area contributed by atoms with Gasteiger partial charge in [0.25, 0.3) is 0 Å². The number of aryl methyl sites for hydroxylation is 3. The van der Waals surface area contributed by atoms with Crippen LogP contribution in [0.4, 0.5) is 0 Å². The molecule has 0 saturated heterocycles. The molecule has 0 saturated carbocycles. The minimum Gasteiger partial charge on any atom is -0.349 e. The summed E-state index contributed by atoms with van der Waals surface area (Å²) in [5.74, 6) is 0.0197. The molecule has 2 heterocycles. The maximum absolute atomic E-state index is 12.3. The molecule has 0 aromatic carbocycles. The lowest BCUT2D eigenvalue weighted by Crippen LogP contribution is -2.32. The zero-order valence-electron chi connectivity index (χ0n) is 12.7. The Morgan fingerprint density at radius 2 is 2.33 bits per heavy atom. The van der Waals surface area contributed by atoms with Crippen molar-refractivity contribution < 1.29 is 4.79 Å². The van der Waals surface area contributed by atoms with Crippen LogP contribution in [0.3, 0.4) is 0 Å². The number of nitrogens with one attached hydrogen (secondary N) is 2. The number of hydrogen-bond acceptors (Lipinski definition) is 3. The first-order valence-corrected chi connectivity index (χ1v) is 7.37. The lowest BCUT2D eigenvalue weighted by atomic mass is 9.91. The molecule has 112 valence electrons. The highest BCUT2D eigenvalue weighted by Crippen LogP contribution is 2.31. The van der Waals surface area contributed by atoms with E-state index < -0.39 is 0 Å². The van der Waals surface area contributed by atoms with Crippen LogP contribution in [0.25, 0.3) is 0 Å². The number of H-pyrrole nitrogens is 1. The Bertz CT molecular complexity index is 670. The molecule has 1 unspecified atom stereocenters. The Balaban J connectivity index is 1.75. The van der Waals surface area contributed by atoms with Crippen LogP contribution < -0.4 is 5.32 Å². The molecule has 6 nitrogen and oxygen atoms in total. The van der Waals surface area contributed by atoms with E-state index >= 15 is 0 Å². The van der Waals surface area contributed by atoms with E-state index in [1.807, 2.05) is 25.6 Å². The molecule has 0 radical (unpaired) electrons. The van der Waals surface area contributed by atoms with Crippen LogP contribution >= 0.6 is 0 Å². The summed E-state index contributed by atoms with van der Waals surface area (Å²) in [6.07, 6.45) is 5.04. The Morgan fingerprint density at radius 1 is 1.52 bits per heavy atom. The molecule has 1 aliphatic carbocycles. The fourth-order valence-electron chi connectivity index (χ4n) is 3.20. The van der Waals surface area contributed by atoms with Gasteiger partial charge in [0.2, 0.25) is 5.91 Å². The minimum absolute atomic E-state index is 0.0197. The molecule has 3 rings (SSSR count). The largest absolute Gasteiger partial charge is 0.349 e. The van der Waals surface area contributed by atoms with Gasteiger partial charge in [-0.15, -0.1) is 0 Å². The van der Waals surface area contributed by atoms with Crippen LogP contribution in [0.15, 0.2) is 6.33 Å². The standard InChI is InChI=1S/C15H21N5O/c1-9-12(17-8-16-9)7-14(21)18-11-5-4-6-13-15(11)10(2)19-20(13)3/h8,11H,4-7H2,1-3H3,(H,16,17)(H,18,21). The second kappa shape index (κ2) is 5.35. The highest BCUT2D eigenvalue weighted by Gasteiger charge is 2.27. The summed E-state index contributed by atoms with van der Waals surface area (Å²) in [5.41, 5.74) is 5.24. The number of rotatable bonds is 3. The number of carbonyl (C=O) groups excluding carboxylic acids is 1. The van der Waals surface area contributed by atoms with Crippen LogP contribution in [-0.2, 0) is 24.7 Å². The average Bonchev–Trinajstić information content (AvgIpc) is 2.95. The highest BCUT2D eigenvalue weighted by atomic mass is 16.1. The van der Waals surface area contributed by atoms with E-state index in [0.29, 0.717) is 6.42 Å². The van der Waals surface area contributed by atoms with Crippen LogP contribution in [0, 0.1) is 13.8 Å². The van der Waals surface area contributed by atoms with Crippen molar-refractivity contribution in [1.29, 1.82) is 0 Å². The van der Waals surface area contributed by atoms with E-state index in [0.717, 1.165) is 36.3 Å². The van der Waals surface area contributed by atoms with Crippen molar-refractivity contribution in [3.63, 3.8) is 0 Å². The van der Waals surface area contributed by atoms with Gasteiger partial charge in [0.1, 0.15) is 0 Å². The molecule has 21 heavy (non-hydrogen) atoms. The number of nitrogens with zero attached hydrogens (tertiary/aromatic N) is 3. The molecule has 0 bridgehead atoms. The molecular formula is C15H21N5O. The van der Waals surface area contributed by atoms with Gasteiger partial charge in [-0.05, 0) is 33.1 Å². The molecular weight excluding hydrogens is 266 g/mol. The molecule has 1 atom stereocenters. The van der Waals surface area contributed by atoms with Gasteiger partial charge in [0, 0.05) is 24.0 Å². The fourth-order valence-corrected chi connectivity index (χ4v) is 3.20. The summed E-state index contributed by atoms with van der Waals surface area (Å²) >= 11 is 0. The van der Waals surface area contributed by atoms with Crippen molar-refractivity contribution in [3.8, 4) is 0 Å². The van der Waals surface area contributed by atoms with Crippen molar-refractivity contribution in [2.24, 2.45) is 7.05 Å². The molecule has 2 aromatic heterocycles. The number of carbonyl (C=O) groups is 1. The Labute approximate surface area is 124 Å². The number of fused-ring (bicyclic) bond motifs is 1. The van der Waals surface area contributed by atoms with Crippen LogP contribution in [0.5, 0.6) is 0 Å². The predicted molar refractivity (Wildman–Crippen MR) is 78.8 cm³/mol. The van der Waals surface area contributed by atoms with E-state index in [-0.39, 0.29) is 11.9 Å². The first-order chi connectivity index (χ1) is 10.1. The summed E-state index contributed by atoms with van der Waals surface area (Å²) < 4.78 is 1.95. The number of aromatic nitrogens is 4. The van der Waals surface area contributed by atoms with Crippen LogP contribution in [0.2, 0.25) is 0 Å². The number of amides is 1. The van der Waals surface area contributed by atoms with E-state index in [1.165, 1.54) is 11.3 Å². The van der Waals surface area contributed by atoms with Gasteiger partial charge >= 0.3 is 0 Å². The van der Waals surface area contributed by atoms with Crippen molar-refractivity contribution >= 4 is 5.91 Å². The summed E-state index contributed by atoms with van der Waals surface area (Å²) in [6.45, 7) is 3.95. The second-order valence-electron chi connectivity index (χ2n) is 5.73. The van der Waals surface area contributed by atoms with Gasteiger partial charge in [-0.1, -0.05) is 0 Å². The molecule has 1 aliphatic rings. The smallest absolute Gasteiger partial charge is 0.226 e. The second-order valence-corrected chi connectivity index (χ2v) is 5.73. The quantitative estimate of drug-likeness (QED) is 0.898. The lowest BCUT2D eigenvalue weighted by molar-refractivity contribution is -0.121. The highest BCUT2D eigenvalue weighted by molar-refractivity contribution is 5.79. The first kappa shape index (κ1) is 13.9. The molecule has 0 spiro atoms. The third kappa shape index (κ3) is 2.57. The van der Waals surface area contributed by atoms with Crippen molar-refractivity contribution in [2.75, 3.05) is 0 Å². The molecule has 0 aliphatic heterocycles. The number of hydrogen-bond donors (Lipinski definition) is 2. The minimum atomic E-state index is 0.0197. The monoisotopic (exact) mass is 287 g/mol. The number of aromatic amines is 1. The van der Waals surface area contributed by atoms with Crippen LogP contribution in [0.1, 0.15) is 47.2 Å². The zero-order chi connectivity index (χ0) is 15.0. The summed E-state index contributed by atoms with van der Waals surface area (Å²) in [6, 6.07) is 0.0780. The van der Waals surface area contributed by atoms with E-state index in [2.05, 4.69) is 20.4 Å². The summed E-state index contributed by atoms with van der Waals surface area (Å²) in [7, 11) is 1.98. The van der Waals surface area contributed by atoms with Gasteiger partial charge in [0.15, 0.2) is 0 Å². The van der Waals surface area contributed by atoms with Gasteiger partial charge in [0.05, 0.1) is 30.2 Å². The summed E-state index contributed by atoms with van der Waals surface area (Å²) in [4.78, 5) is 19.4. The maximum Gasteiger partial charge on any atom is 0.226 e. The third-order valence-corrected chi connectivity index (χ3v) is 4.24. The molecule has 0 fully saturated rings. The first-order valence-electron chi connectivity index (χ1n) is 7.37. The van der Waals surface area contributed by atoms with Gasteiger partial charge in [-0.2, -0.15) is 5.10 Å². The molecule has 6 heteroatoms. The van der Waals surface area contributed by atoms with Gasteiger partial charge in [-0.3, -0.25) is 9.48 Å². The summed E-state index contributed by atoms with van der Waals surface area (Å²) in [5, 5.41) is 7.64. The van der Waals surface area contributed by atoms with E-state index in [1.54, 1.807) is 6.33 Å². The van der Waals surface area contributed by atoms with Gasteiger partial charge in [-0.25, -0.2) is 4.98 Å². The molecule has 2 aromatic rings. The Morgan fingerprint density at radius 3 is 3.05 bits per heavy atom. The van der Waals surface area contributed by atoms with E-state index in [4.69, 9.17) is 0 Å². The van der Waals surface area contributed by atoms with Crippen molar-refractivity contribution in [3.05, 3.63) is 34.7 Å². The topological polar surface area (TPSA) is 75.6 Å². The Hall–Kier alpha value is -2.11.